The molecular weight excluding hydrogens is 483 g/mol. The van der Waals surface area contributed by atoms with Gasteiger partial charge in [0.2, 0.25) is 11.9 Å². The van der Waals surface area contributed by atoms with Crippen LogP contribution in [0.25, 0.3) is 0 Å². The Hall–Kier alpha value is -3.66. The Balaban J connectivity index is 1.46. The van der Waals surface area contributed by atoms with Crippen LogP contribution in [-0.4, -0.2) is 21.8 Å². The maximum atomic E-state index is 13.5. The fourth-order valence-electron chi connectivity index (χ4n) is 4.37. The third-order valence-corrected chi connectivity index (χ3v) is 6.70. The maximum Gasteiger partial charge on any atom is 0.416 e. The lowest BCUT2D eigenvalue weighted by molar-refractivity contribution is -0.137. The predicted molar refractivity (Wildman–Crippen MR) is 124 cm³/mol. The Kier molecular flexibility index (Phi) is 5.24. The second-order valence-electron chi connectivity index (χ2n) is 8.72. The highest BCUT2D eigenvalue weighted by Gasteiger charge is 2.58. The zero-order valence-electron chi connectivity index (χ0n) is 18.4. The highest BCUT2D eigenvalue weighted by atomic mass is 35.5. The SMILES string of the molecule is Cc1ccc(NC(=O)c2cc(C(F)(F)F)ccc2Cl)cc1N1Cc2cnc(N)nc2C2(CC2)C1=O. The Morgan fingerprint density at radius 3 is 2.63 bits per heavy atom. The molecule has 2 aliphatic rings. The number of carbonyl (C=O) groups is 2. The number of hydrogen-bond acceptors (Lipinski definition) is 5. The van der Waals surface area contributed by atoms with Crippen LogP contribution in [0.3, 0.4) is 0 Å². The number of nitrogen functional groups attached to an aromatic ring is 1. The van der Waals surface area contributed by atoms with Gasteiger partial charge in [0.15, 0.2) is 0 Å². The van der Waals surface area contributed by atoms with Gasteiger partial charge < -0.3 is 16.0 Å². The molecule has 2 heterocycles. The number of nitrogens with one attached hydrogen (secondary N) is 1. The molecule has 7 nitrogen and oxygen atoms in total. The number of benzene rings is 2. The molecule has 35 heavy (non-hydrogen) atoms. The summed E-state index contributed by atoms with van der Waals surface area (Å²) in [6.45, 7) is 2.06. The molecule has 0 saturated heterocycles. The van der Waals surface area contributed by atoms with E-state index >= 15 is 0 Å². The van der Waals surface area contributed by atoms with Crippen LogP contribution >= 0.6 is 11.6 Å². The molecule has 3 aromatic rings. The van der Waals surface area contributed by atoms with E-state index in [-0.39, 0.29) is 29.0 Å². The third kappa shape index (κ3) is 3.97. The van der Waals surface area contributed by atoms with Gasteiger partial charge in [-0.15, -0.1) is 0 Å². The minimum atomic E-state index is -4.62. The van der Waals surface area contributed by atoms with Gasteiger partial charge in [-0.2, -0.15) is 13.2 Å². The molecule has 1 aromatic heterocycles. The van der Waals surface area contributed by atoms with Crippen molar-refractivity contribution in [1.29, 1.82) is 0 Å². The van der Waals surface area contributed by atoms with Gasteiger partial charge in [-0.25, -0.2) is 9.97 Å². The van der Waals surface area contributed by atoms with Gasteiger partial charge in [0.05, 0.1) is 33.8 Å². The average molecular weight is 502 g/mol. The van der Waals surface area contributed by atoms with Crippen LogP contribution in [0.2, 0.25) is 5.02 Å². The second kappa shape index (κ2) is 7.94. The monoisotopic (exact) mass is 501 g/mol. The van der Waals surface area contributed by atoms with Crippen molar-refractivity contribution in [2.45, 2.75) is 37.9 Å². The molecule has 11 heteroatoms. The zero-order chi connectivity index (χ0) is 25.1. The summed E-state index contributed by atoms with van der Waals surface area (Å²) in [5, 5.41) is 2.48. The van der Waals surface area contributed by atoms with Crippen LogP contribution in [0.5, 0.6) is 0 Å². The number of amides is 2. The number of alkyl halides is 3. The second-order valence-corrected chi connectivity index (χ2v) is 9.13. The lowest BCUT2D eigenvalue weighted by Gasteiger charge is -2.34. The van der Waals surface area contributed by atoms with Crippen LogP contribution < -0.4 is 16.0 Å². The van der Waals surface area contributed by atoms with Crippen LogP contribution in [0.4, 0.5) is 30.5 Å². The van der Waals surface area contributed by atoms with E-state index in [2.05, 4.69) is 15.3 Å². The van der Waals surface area contributed by atoms with Crippen LogP contribution in [0.1, 0.15) is 45.6 Å². The number of anilines is 3. The summed E-state index contributed by atoms with van der Waals surface area (Å²) in [6.07, 6.45) is -1.70. The van der Waals surface area contributed by atoms with Gasteiger partial charge in [0.25, 0.3) is 5.91 Å². The molecule has 1 spiro atoms. The van der Waals surface area contributed by atoms with E-state index in [0.717, 1.165) is 23.3 Å². The zero-order valence-corrected chi connectivity index (χ0v) is 19.2. The number of hydrogen-bond donors (Lipinski definition) is 2. The molecular formula is C24H19ClF3N5O2. The Morgan fingerprint density at radius 1 is 1.20 bits per heavy atom. The molecule has 0 unspecified atom stereocenters. The van der Waals surface area contributed by atoms with Crippen LogP contribution in [0.15, 0.2) is 42.6 Å². The standard InChI is InChI=1S/C24H19ClF3N5O2/c1-12-2-4-15(31-20(34)16-8-14(24(26,27)28)3-5-17(16)25)9-18(12)33-11-13-10-30-22(29)32-19(13)23(6-7-23)21(33)35/h2-5,8-10H,6-7,11H2,1H3,(H,31,34)(H2,29,30,32). The number of halogens is 4. The molecule has 3 N–H and O–H groups in total. The summed E-state index contributed by atoms with van der Waals surface area (Å²) in [7, 11) is 0. The van der Waals surface area contributed by atoms with Crippen molar-refractivity contribution in [2.24, 2.45) is 0 Å². The van der Waals surface area contributed by atoms with E-state index in [1.807, 2.05) is 6.92 Å². The van der Waals surface area contributed by atoms with E-state index < -0.39 is 23.1 Å². The fraction of sp³-hybridized carbons (Fsp3) is 0.250. The summed E-state index contributed by atoms with van der Waals surface area (Å²) in [5.74, 6) is -0.797. The first-order valence-electron chi connectivity index (χ1n) is 10.7. The fourth-order valence-corrected chi connectivity index (χ4v) is 4.58. The highest BCUT2D eigenvalue weighted by Crippen LogP contribution is 2.53. The lowest BCUT2D eigenvalue weighted by atomic mass is 9.91. The maximum absolute atomic E-state index is 13.5. The number of aromatic nitrogens is 2. The van der Waals surface area contributed by atoms with Crippen molar-refractivity contribution < 1.29 is 22.8 Å². The number of aryl methyl sites for hydroxylation is 1. The van der Waals surface area contributed by atoms with E-state index in [1.54, 1.807) is 29.3 Å². The number of fused-ring (bicyclic) bond motifs is 2. The molecule has 1 aliphatic carbocycles. The summed E-state index contributed by atoms with van der Waals surface area (Å²) in [5.41, 5.74) is 6.83. The van der Waals surface area contributed by atoms with Gasteiger partial charge >= 0.3 is 6.18 Å². The van der Waals surface area contributed by atoms with Gasteiger partial charge in [-0.3, -0.25) is 9.59 Å². The number of rotatable bonds is 3. The third-order valence-electron chi connectivity index (χ3n) is 6.37. The van der Waals surface area contributed by atoms with Crippen molar-refractivity contribution in [3.05, 3.63) is 75.6 Å². The normalized spacial score (nSPS) is 16.3. The molecule has 2 amide bonds. The van der Waals surface area contributed by atoms with Crippen molar-refractivity contribution in [1.82, 2.24) is 9.97 Å². The largest absolute Gasteiger partial charge is 0.416 e. The highest BCUT2D eigenvalue weighted by molar-refractivity contribution is 6.34. The molecule has 2 aromatic carbocycles. The molecule has 5 rings (SSSR count). The lowest BCUT2D eigenvalue weighted by Crippen LogP contribution is -2.45. The summed E-state index contributed by atoms with van der Waals surface area (Å²) in [6, 6.07) is 7.51. The molecule has 180 valence electrons. The van der Waals surface area contributed by atoms with Crippen molar-refractivity contribution >= 4 is 40.7 Å². The quantitative estimate of drug-likeness (QED) is 0.533. The topological polar surface area (TPSA) is 101 Å². The van der Waals surface area contributed by atoms with Crippen LogP contribution in [-0.2, 0) is 22.9 Å². The number of carbonyl (C=O) groups excluding carboxylic acids is 2. The Bertz CT molecular complexity index is 1390. The smallest absolute Gasteiger partial charge is 0.368 e. The van der Waals surface area contributed by atoms with Gasteiger partial charge in [0, 0.05) is 23.1 Å². The molecule has 0 radical (unpaired) electrons. The molecule has 1 aliphatic heterocycles. The van der Waals surface area contributed by atoms with Crippen molar-refractivity contribution in [3.63, 3.8) is 0 Å². The Morgan fingerprint density at radius 2 is 1.94 bits per heavy atom. The summed E-state index contributed by atoms with van der Waals surface area (Å²) < 4.78 is 39.3. The molecule has 1 saturated carbocycles. The van der Waals surface area contributed by atoms with Crippen molar-refractivity contribution in [2.75, 3.05) is 16.0 Å². The van der Waals surface area contributed by atoms with Crippen LogP contribution in [0, 0.1) is 6.92 Å². The predicted octanol–water partition coefficient (Wildman–Crippen LogP) is 4.87. The molecule has 1 fully saturated rings. The minimum Gasteiger partial charge on any atom is -0.368 e. The summed E-state index contributed by atoms with van der Waals surface area (Å²) in [4.78, 5) is 36.3. The Labute approximate surface area is 203 Å². The molecule has 0 bridgehead atoms. The average Bonchev–Trinajstić information content (AvgIpc) is 3.59. The first kappa shape index (κ1) is 23.1. The minimum absolute atomic E-state index is 0.111. The summed E-state index contributed by atoms with van der Waals surface area (Å²) >= 11 is 6.00. The van der Waals surface area contributed by atoms with E-state index in [0.29, 0.717) is 36.0 Å². The van der Waals surface area contributed by atoms with Crippen molar-refractivity contribution in [3.8, 4) is 0 Å². The van der Waals surface area contributed by atoms with Gasteiger partial charge in [-0.1, -0.05) is 17.7 Å². The first-order chi connectivity index (χ1) is 16.5. The number of nitrogens with zero attached hydrogens (tertiary/aromatic N) is 3. The molecule has 0 atom stereocenters. The number of nitrogens with two attached hydrogens (primary N) is 1. The van der Waals surface area contributed by atoms with E-state index in [1.165, 1.54) is 0 Å². The van der Waals surface area contributed by atoms with Gasteiger partial charge in [-0.05, 0) is 55.7 Å². The van der Waals surface area contributed by atoms with Gasteiger partial charge in [0.1, 0.15) is 0 Å². The van der Waals surface area contributed by atoms with E-state index in [9.17, 15) is 22.8 Å². The van der Waals surface area contributed by atoms with E-state index in [4.69, 9.17) is 17.3 Å². The first-order valence-corrected chi connectivity index (χ1v) is 11.1.